The topological polar surface area (TPSA) is 17.1 Å². The summed E-state index contributed by atoms with van der Waals surface area (Å²) in [4.78, 5) is 14.2. The van der Waals surface area contributed by atoms with E-state index in [4.69, 9.17) is 0 Å². The highest BCUT2D eigenvalue weighted by Gasteiger charge is 2.12. The Morgan fingerprint density at radius 1 is 1.05 bits per heavy atom. The number of hydrogen-bond donors (Lipinski definition) is 0. The molecule has 114 valence electrons. The van der Waals surface area contributed by atoms with Crippen LogP contribution in [0.5, 0.6) is 0 Å². The zero-order valence-electron chi connectivity index (χ0n) is 12.8. The van der Waals surface area contributed by atoms with Crippen molar-refractivity contribution in [2.24, 2.45) is 0 Å². The molecule has 1 nitrogen and oxygen atoms in total. The van der Waals surface area contributed by atoms with Crippen molar-refractivity contribution < 1.29 is 4.79 Å². The molecule has 1 rings (SSSR count). The smallest absolute Gasteiger partial charge is 0.173 e. The predicted octanol–water partition coefficient (Wildman–Crippen LogP) is 6.92. The van der Waals surface area contributed by atoms with Gasteiger partial charge in [-0.15, -0.1) is 11.3 Å². The van der Waals surface area contributed by atoms with E-state index in [0.717, 1.165) is 15.8 Å². The van der Waals surface area contributed by atoms with E-state index in [-0.39, 0.29) is 0 Å². The van der Waals surface area contributed by atoms with Gasteiger partial charge in [0.05, 0.1) is 4.88 Å². The van der Waals surface area contributed by atoms with Gasteiger partial charge < -0.3 is 0 Å². The van der Waals surface area contributed by atoms with E-state index in [1.165, 1.54) is 56.2 Å². The first-order valence-corrected chi connectivity index (χ1v) is 9.55. The fourth-order valence-electron chi connectivity index (χ4n) is 2.38. The molecule has 0 aliphatic rings. The maximum Gasteiger partial charge on any atom is 0.173 e. The number of halogens is 1. The molecule has 0 radical (unpaired) electrons. The van der Waals surface area contributed by atoms with Gasteiger partial charge in [0.15, 0.2) is 5.78 Å². The monoisotopic (exact) mass is 358 g/mol. The summed E-state index contributed by atoms with van der Waals surface area (Å²) >= 11 is 5.08. The molecule has 0 spiro atoms. The summed E-state index contributed by atoms with van der Waals surface area (Å²) in [6, 6.07) is 2.04. The van der Waals surface area contributed by atoms with Crippen LogP contribution >= 0.6 is 27.3 Å². The van der Waals surface area contributed by atoms with E-state index >= 15 is 0 Å². The van der Waals surface area contributed by atoms with Crippen LogP contribution in [0.25, 0.3) is 0 Å². The summed E-state index contributed by atoms with van der Waals surface area (Å²) in [5, 5.41) is 0. The van der Waals surface area contributed by atoms with Gasteiger partial charge in [-0.25, -0.2) is 0 Å². The molecular formula is C17H27BrOS. The van der Waals surface area contributed by atoms with Crippen LogP contribution in [-0.4, -0.2) is 5.78 Å². The van der Waals surface area contributed by atoms with E-state index in [2.05, 4.69) is 22.9 Å². The van der Waals surface area contributed by atoms with Crippen molar-refractivity contribution in [3.05, 3.63) is 20.3 Å². The Hall–Kier alpha value is -0.150. The van der Waals surface area contributed by atoms with Gasteiger partial charge in [0, 0.05) is 15.8 Å². The van der Waals surface area contributed by atoms with Gasteiger partial charge in [0.25, 0.3) is 0 Å². The van der Waals surface area contributed by atoms with E-state index in [1.807, 2.05) is 13.0 Å². The minimum absolute atomic E-state index is 0.304. The first-order chi connectivity index (χ1) is 9.65. The Morgan fingerprint density at radius 2 is 1.60 bits per heavy atom. The number of ketones is 1. The molecule has 0 aromatic carbocycles. The van der Waals surface area contributed by atoms with Crippen molar-refractivity contribution in [1.29, 1.82) is 0 Å². The third-order valence-electron chi connectivity index (χ3n) is 3.57. The van der Waals surface area contributed by atoms with Gasteiger partial charge >= 0.3 is 0 Å². The number of hydrogen-bond acceptors (Lipinski definition) is 2. The highest BCUT2D eigenvalue weighted by atomic mass is 79.9. The van der Waals surface area contributed by atoms with Gasteiger partial charge in [0.1, 0.15) is 0 Å². The first-order valence-electron chi connectivity index (χ1n) is 7.94. The van der Waals surface area contributed by atoms with Crippen LogP contribution < -0.4 is 0 Å². The zero-order valence-corrected chi connectivity index (χ0v) is 15.2. The molecule has 0 amide bonds. The van der Waals surface area contributed by atoms with Crippen molar-refractivity contribution in [3.63, 3.8) is 0 Å². The fraction of sp³-hybridized carbons (Fsp3) is 0.706. The Kier molecular flexibility index (Phi) is 9.45. The molecule has 0 unspecified atom stereocenters. The maximum absolute atomic E-state index is 12.1. The lowest BCUT2D eigenvalue weighted by molar-refractivity contribution is 0.0982. The number of thiophene rings is 1. The molecule has 0 fully saturated rings. The summed E-state index contributed by atoms with van der Waals surface area (Å²) in [7, 11) is 0. The van der Waals surface area contributed by atoms with Crippen LogP contribution in [-0.2, 0) is 0 Å². The van der Waals surface area contributed by atoms with Crippen LogP contribution in [0.15, 0.2) is 10.5 Å². The summed E-state index contributed by atoms with van der Waals surface area (Å²) in [6.07, 6.45) is 12.4. The van der Waals surface area contributed by atoms with Crippen molar-refractivity contribution in [2.45, 2.75) is 78.1 Å². The molecule has 0 aliphatic heterocycles. The number of carbonyl (C=O) groups is 1. The van der Waals surface area contributed by atoms with Crippen molar-refractivity contribution in [1.82, 2.24) is 0 Å². The van der Waals surface area contributed by atoms with Crippen LogP contribution in [0.2, 0.25) is 0 Å². The second-order valence-electron chi connectivity index (χ2n) is 5.54. The van der Waals surface area contributed by atoms with Gasteiger partial charge in [0.2, 0.25) is 0 Å². The number of rotatable bonds is 11. The molecule has 0 saturated heterocycles. The summed E-state index contributed by atoms with van der Waals surface area (Å²) < 4.78 is 0.973. The molecule has 0 bridgehead atoms. The third-order valence-corrected chi connectivity index (χ3v) is 5.55. The maximum atomic E-state index is 12.1. The number of aryl methyl sites for hydroxylation is 1. The highest BCUT2D eigenvalue weighted by Crippen LogP contribution is 2.28. The molecule has 0 saturated carbocycles. The van der Waals surface area contributed by atoms with Crippen molar-refractivity contribution >= 4 is 33.0 Å². The Labute approximate surface area is 136 Å². The molecule has 1 aromatic heterocycles. The predicted molar refractivity (Wildman–Crippen MR) is 92.9 cm³/mol. The van der Waals surface area contributed by atoms with E-state index in [9.17, 15) is 4.79 Å². The normalized spacial score (nSPS) is 10.9. The van der Waals surface area contributed by atoms with Crippen molar-refractivity contribution in [3.8, 4) is 0 Å². The highest BCUT2D eigenvalue weighted by molar-refractivity contribution is 9.10. The molecule has 0 N–H and O–H groups in total. The minimum Gasteiger partial charge on any atom is -0.293 e. The van der Waals surface area contributed by atoms with Crippen LogP contribution in [0.3, 0.4) is 0 Å². The van der Waals surface area contributed by atoms with Gasteiger partial charge in [-0.1, -0.05) is 58.3 Å². The fourth-order valence-corrected chi connectivity index (χ4v) is 4.21. The lowest BCUT2D eigenvalue weighted by Crippen LogP contribution is -1.96. The van der Waals surface area contributed by atoms with Crippen LogP contribution in [0.4, 0.5) is 0 Å². The van der Waals surface area contributed by atoms with E-state index in [0.29, 0.717) is 12.2 Å². The average molecular weight is 359 g/mol. The molecule has 3 heteroatoms. The minimum atomic E-state index is 0.304. The second kappa shape index (κ2) is 10.6. The van der Waals surface area contributed by atoms with E-state index < -0.39 is 0 Å². The third kappa shape index (κ3) is 7.03. The molecule has 0 atom stereocenters. The molecule has 1 heterocycles. The van der Waals surface area contributed by atoms with Gasteiger partial charge in [-0.05, 0) is 35.3 Å². The number of Topliss-reactive ketones (excluding diaryl/α,β-unsaturated/α-hetero) is 1. The van der Waals surface area contributed by atoms with Crippen LogP contribution in [0, 0.1) is 6.92 Å². The Balaban J connectivity index is 2.04. The summed E-state index contributed by atoms with van der Waals surface area (Å²) in [5.41, 5.74) is 0. The lowest BCUT2D eigenvalue weighted by Gasteiger charge is -2.02. The lowest BCUT2D eigenvalue weighted by atomic mass is 10.1. The van der Waals surface area contributed by atoms with Gasteiger partial charge in [-0.3, -0.25) is 4.79 Å². The molecule has 20 heavy (non-hydrogen) atoms. The molecule has 1 aromatic rings. The SMILES string of the molecule is CCCCCCCCCCCC(=O)c1sc(C)cc1Br. The Bertz CT molecular complexity index is 398. The quantitative estimate of drug-likeness (QED) is 0.309. The van der Waals surface area contributed by atoms with Gasteiger partial charge in [-0.2, -0.15) is 0 Å². The summed E-state index contributed by atoms with van der Waals surface area (Å²) in [5.74, 6) is 0.304. The van der Waals surface area contributed by atoms with Crippen LogP contribution in [0.1, 0.15) is 85.7 Å². The average Bonchev–Trinajstić information content (AvgIpc) is 2.75. The van der Waals surface area contributed by atoms with E-state index in [1.54, 1.807) is 11.3 Å². The largest absolute Gasteiger partial charge is 0.293 e. The van der Waals surface area contributed by atoms with Crippen molar-refractivity contribution in [2.75, 3.05) is 0 Å². The molecular weight excluding hydrogens is 332 g/mol. The number of unbranched alkanes of at least 4 members (excludes halogenated alkanes) is 8. The molecule has 0 aliphatic carbocycles. The zero-order chi connectivity index (χ0) is 14.8. The summed E-state index contributed by atoms with van der Waals surface area (Å²) in [6.45, 7) is 4.30. The Morgan fingerprint density at radius 3 is 2.10 bits per heavy atom. The standard InChI is InChI=1S/C17H27BrOS/c1-3-4-5-6-7-8-9-10-11-12-16(19)17-15(18)13-14(2)20-17/h13H,3-12H2,1-2H3. The second-order valence-corrected chi connectivity index (χ2v) is 7.65. The first kappa shape index (κ1) is 17.9. The number of carbonyl (C=O) groups excluding carboxylic acids is 1.